The molecule has 109 heavy (non-hydrogen) atoms. The molecule has 4 nitrogen and oxygen atoms in total. The molecule has 0 amide bonds. The van der Waals surface area contributed by atoms with Crippen LogP contribution in [0.25, 0.3) is 151 Å². The number of hydrogen-bond acceptors (Lipinski definition) is 4. The van der Waals surface area contributed by atoms with E-state index in [1.54, 1.807) is 27.2 Å². The summed E-state index contributed by atoms with van der Waals surface area (Å²) in [4.78, 5) is 2.38. The molecule has 0 atom stereocenters. The van der Waals surface area contributed by atoms with Crippen LogP contribution in [0.2, 0.25) is 0 Å². The first-order chi connectivity index (χ1) is 58.4. The van der Waals surface area contributed by atoms with Gasteiger partial charge in [-0.1, -0.05) is 287 Å². The van der Waals surface area contributed by atoms with Crippen molar-refractivity contribution in [1.29, 1.82) is 0 Å². The number of hydrogen-bond donors (Lipinski definition) is 1. The number of fused-ring (bicyclic) bond motifs is 16. The van der Waals surface area contributed by atoms with Gasteiger partial charge in [0.15, 0.2) is 0 Å². The molecule has 2 aliphatic rings. The molecule has 0 saturated carbocycles. The second-order valence-corrected chi connectivity index (χ2v) is 34.4. The monoisotopic (exact) mass is 1450 g/mol. The molecule has 0 fully saturated rings. The Morgan fingerprint density at radius 2 is 0.899 bits per heavy atom. The number of para-hydroxylation sites is 2. The molecule has 0 bridgehead atoms. The van der Waals surface area contributed by atoms with Crippen molar-refractivity contribution in [2.45, 2.75) is 78.6 Å². The Labute approximate surface area is 662 Å². The number of benzene rings is 15. The van der Waals surface area contributed by atoms with Crippen molar-refractivity contribution in [3.63, 3.8) is 0 Å². The van der Waals surface area contributed by atoms with Gasteiger partial charge < -0.3 is 19.4 Å². The topological polar surface area (TPSA) is 25.1 Å². The van der Waals surface area contributed by atoms with Gasteiger partial charge in [0.05, 0.1) is 51.3 Å². The number of nitrogens with zero attached hydrogens (tertiary/aromatic N) is 3. The Kier molecular flexibility index (Phi) is 11.8. The van der Waals surface area contributed by atoms with Crippen molar-refractivity contribution < 1.29 is 17.8 Å². The molecule has 0 radical (unpaired) electrons. The molecule has 6 heterocycles. The van der Waals surface area contributed by atoms with Crippen molar-refractivity contribution in [3.05, 3.63) is 326 Å². The maximum absolute atomic E-state index is 10.4. The average Bonchev–Trinajstić information content (AvgIpc) is 1.48. The molecule has 0 unspecified atom stereocenters. The van der Waals surface area contributed by atoms with Crippen LogP contribution in [-0.4, -0.2) is 15.8 Å². The van der Waals surface area contributed by atoms with E-state index in [-0.39, 0.29) is 50.3 Å². The Morgan fingerprint density at radius 1 is 0.339 bits per heavy atom. The van der Waals surface area contributed by atoms with Crippen LogP contribution >= 0.6 is 22.7 Å². The minimum absolute atomic E-state index is 0.00262. The van der Waals surface area contributed by atoms with Crippen LogP contribution in [0, 0.1) is 0 Å². The third-order valence-corrected chi connectivity index (χ3v) is 25.1. The Balaban J connectivity index is 0.977. The Hall–Kier alpha value is -12.0. The number of thiophene rings is 2. The van der Waals surface area contributed by atoms with Gasteiger partial charge in [0.25, 0.3) is 6.71 Å². The molecule has 0 spiro atoms. The highest BCUT2D eigenvalue weighted by Crippen LogP contribution is 2.56. The Bertz CT molecular complexity index is 7620. The predicted octanol–water partition coefficient (Wildman–Crippen LogP) is 27.2. The largest absolute Gasteiger partial charge is 0.356 e. The zero-order valence-electron chi connectivity index (χ0n) is 74.7. The van der Waals surface area contributed by atoms with E-state index in [1.807, 2.05) is 36.4 Å². The summed E-state index contributed by atoms with van der Waals surface area (Å²) >= 11 is 3.38. The van der Waals surface area contributed by atoms with Gasteiger partial charge in [0, 0.05) is 113 Å². The fourth-order valence-corrected chi connectivity index (χ4v) is 19.8. The van der Waals surface area contributed by atoms with E-state index >= 15 is 0 Å². The lowest BCUT2D eigenvalue weighted by Crippen LogP contribution is -2.60. The van der Waals surface area contributed by atoms with Crippen molar-refractivity contribution in [2.75, 3.05) is 10.2 Å². The van der Waals surface area contributed by atoms with Gasteiger partial charge in [-0.3, -0.25) is 0 Å². The normalized spacial score (nSPS) is 14.7. The summed E-state index contributed by atoms with van der Waals surface area (Å²) in [6.07, 6.45) is 0. The third-order valence-electron chi connectivity index (χ3n) is 22.7. The molecular weight excluding hydrogens is 1360 g/mol. The maximum atomic E-state index is 10.4. The molecule has 1 N–H and O–H groups in total. The fourth-order valence-electron chi connectivity index (χ4n) is 17.3. The molecular formula is C102H79BN4S2. The van der Waals surface area contributed by atoms with Gasteiger partial charge >= 0.3 is 0 Å². The highest BCUT2D eigenvalue weighted by atomic mass is 32.1. The fraction of sp³-hybridized carbons (Fsp3) is 0.118. The van der Waals surface area contributed by atoms with E-state index in [2.05, 4.69) is 271 Å². The average molecular weight is 1450 g/mol. The number of anilines is 5. The van der Waals surface area contributed by atoms with E-state index in [1.165, 1.54) is 26.6 Å². The van der Waals surface area contributed by atoms with Gasteiger partial charge in [-0.05, 0) is 168 Å². The predicted molar refractivity (Wildman–Crippen MR) is 473 cm³/mol. The SMILES string of the molecule is [2H]c1c([2H])c([2H])c(-c2ccc3c(c2)Nc2c4c(cc(-n5c6c([2H])c([2H])c([2H])c([2H])c6c6c([2H])c([2H])c([2H])c([2H])c65)c2-c2cccc5c2sc2c(-c6ccc7c(c6)sc6ccccc67)cccc25)N(c2c(-c5ccccc5)cc(C(C)(C)C)cc2-c2ccccc2)c2cc(-n5c6ccc(C(C)(C)C)cc6c6cc(C(C)(C)C)ccc65)ccc2B34)c([2H])c1[2H]. The first kappa shape index (κ1) is 52.9. The van der Waals surface area contributed by atoms with Crippen LogP contribution in [0.15, 0.2) is 309 Å². The van der Waals surface area contributed by atoms with Crippen LogP contribution in [0.4, 0.5) is 28.4 Å². The first-order valence-corrected chi connectivity index (χ1v) is 38.9. The Morgan fingerprint density at radius 3 is 1.54 bits per heavy atom. The van der Waals surface area contributed by atoms with Gasteiger partial charge in [0.1, 0.15) is 0 Å². The summed E-state index contributed by atoms with van der Waals surface area (Å²) in [6, 6.07) is 75.2. The van der Waals surface area contributed by atoms with Crippen molar-refractivity contribution >= 4 is 158 Å². The number of rotatable bonds is 8. The molecule has 0 aliphatic carbocycles. The third kappa shape index (κ3) is 10.2. The summed E-state index contributed by atoms with van der Waals surface area (Å²) in [5.74, 6) is 0. The van der Waals surface area contributed by atoms with Crippen LogP contribution in [0.3, 0.4) is 0 Å². The van der Waals surface area contributed by atoms with Gasteiger partial charge in [-0.15, -0.1) is 22.7 Å². The zero-order valence-corrected chi connectivity index (χ0v) is 63.3. The summed E-state index contributed by atoms with van der Waals surface area (Å²) < 4.78 is 134. The quantitative estimate of drug-likeness (QED) is 0.153. The lowest BCUT2D eigenvalue weighted by Gasteiger charge is -2.43. The summed E-state index contributed by atoms with van der Waals surface area (Å²) in [5.41, 5.74) is 18.5. The van der Waals surface area contributed by atoms with Crippen molar-refractivity contribution in [2.24, 2.45) is 0 Å². The smallest absolute Gasteiger partial charge is 0.252 e. The lowest BCUT2D eigenvalue weighted by molar-refractivity contribution is 0.590. The summed E-state index contributed by atoms with van der Waals surface area (Å²) in [7, 11) is 0. The molecule has 21 rings (SSSR count). The highest BCUT2D eigenvalue weighted by Gasteiger charge is 2.45. The van der Waals surface area contributed by atoms with E-state index in [0.29, 0.717) is 39.4 Å². The minimum atomic E-state index is -0.723. The van der Waals surface area contributed by atoms with Crippen LogP contribution in [0.5, 0.6) is 0 Å². The van der Waals surface area contributed by atoms with E-state index < -0.39 is 78.6 Å². The summed E-state index contributed by atoms with van der Waals surface area (Å²) in [6.45, 7) is 19.4. The van der Waals surface area contributed by atoms with Crippen LogP contribution in [0.1, 0.15) is 96.8 Å². The van der Waals surface area contributed by atoms with Gasteiger partial charge in [-0.25, -0.2) is 0 Å². The number of aromatic nitrogens is 2. The number of nitrogens with one attached hydrogen (secondary N) is 1. The maximum Gasteiger partial charge on any atom is 0.252 e. The van der Waals surface area contributed by atoms with Crippen molar-refractivity contribution in [3.8, 4) is 67.0 Å². The lowest BCUT2D eigenvalue weighted by atomic mass is 9.33. The van der Waals surface area contributed by atoms with Crippen molar-refractivity contribution in [1.82, 2.24) is 9.13 Å². The second kappa shape index (κ2) is 24.3. The summed E-state index contributed by atoms with van der Waals surface area (Å²) in [5, 5.41) is 10.4. The molecule has 4 aromatic heterocycles. The van der Waals surface area contributed by atoms with Crippen LogP contribution in [-0.2, 0) is 16.2 Å². The van der Waals surface area contributed by atoms with Gasteiger partial charge in [0.2, 0.25) is 0 Å². The molecule has 0 saturated heterocycles. The first-order valence-electron chi connectivity index (χ1n) is 43.8. The molecule has 2 aliphatic heterocycles. The standard InChI is InChI=1S/C102H79BN4S2/c1-100(2,3)66-45-51-87-80(55-66)81-56-67(101(4,5)6)46-52-88(81)105(87)69-47-50-83-89(59-69)107(97-78(62-29-15-11-16-30-62)57-68(102(7,8)9)58-79(97)63-31-17-12-18-32-63)91-60-90(106-85-40-22-19-33-71(85)72-34-20-23-41-86(72)106)94(96-95(91)103(83)82-49-44-64(53-84(82)104-96)61-27-13-10-14-28-61)77-39-26-38-76-75-37-25-36-70(98(75)109-99(76)77)65-43-48-74-73-35-21-24-42-92(73)108-93(74)54-65/h10-60,104H,1-9H3/i10D,13D,14D,19D,20D,22D,23D,27D,28D,33D,34D,40D,41D. The molecule has 522 valence electrons. The van der Waals surface area contributed by atoms with E-state index in [0.717, 1.165) is 119 Å². The highest BCUT2D eigenvalue weighted by molar-refractivity contribution is 7.27. The van der Waals surface area contributed by atoms with E-state index in [4.69, 9.17) is 4.11 Å². The molecule has 15 aromatic carbocycles. The van der Waals surface area contributed by atoms with E-state index in [9.17, 15) is 13.7 Å². The zero-order chi connectivity index (χ0) is 84.8. The second-order valence-electron chi connectivity index (χ2n) is 32.3. The van der Waals surface area contributed by atoms with Gasteiger partial charge in [-0.2, -0.15) is 0 Å². The minimum Gasteiger partial charge on any atom is -0.356 e. The molecule has 7 heteroatoms. The molecule has 19 aromatic rings. The van der Waals surface area contributed by atoms with Crippen LogP contribution < -0.4 is 26.6 Å².